The Labute approximate surface area is 222 Å². The van der Waals surface area contributed by atoms with Gasteiger partial charge in [0, 0.05) is 32.7 Å². The van der Waals surface area contributed by atoms with Gasteiger partial charge in [0.15, 0.2) is 10.8 Å². The number of carbonyl (C=O) groups excluding carboxylic acids is 1. The molecule has 1 saturated heterocycles. The largest absolute Gasteiger partial charge is 0.493 e. The molecule has 4 rings (SSSR count). The Hall–Kier alpha value is -3.78. The van der Waals surface area contributed by atoms with Gasteiger partial charge < -0.3 is 9.74 Å². The topological polar surface area (TPSA) is 95.9 Å². The quantitative estimate of drug-likeness (QED) is 0.230. The van der Waals surface area contributed by atoms with Crippen LogP contribution < -0.4 is 9.37 Å². The van der Waals surface area contributed by atoms with Crippen LogP contribution in [0.2, 0.25) is 0 Å². The van der Waals surface area contributed by atoms with Crippen molar-refractivity contribution in [2.24, 2.45) is 0 Å². The van der Waals surface area contributed by atoms with E-state index in [0.29, 0.717) is 11.3 Å². The Balaban J connectivity index is 1.56. The molecule has 1 aliphatic rings. The molecule has 0 unspecified atom stereocenters. The van der Waals surface area contributed by atoms with E-state index in [1.165, 1.54) is 11.8 Å². The lowest BCUT2D eigenvalue weighted by Gasteiger charge is -2.28. The number of benzene rings is 1. The average Bonchev–Trinajstić information content (AvgIpc) is 3.35. The number of aryl methyl sites for hydroxylation is 1. The molecule has 14 heteroatoms. The maximum atomic E-state index is 13.7. The van der Waals surface area contributed by atoms with E-state index in [-0.39, 0.29) is 10.5 Å². The van der Waals surface area contributed by atoms with E-state index < -0.39 is 39.0 Å². The van der Waals surface area contributed by atoms with Gasteiger partial charge in [-0.3, -0.25) is 4.90 Å². The lowest BCUT2D eigenvalue weighted by atomic mass is 10.1. The van der Waals surface area contributed by atoms with Crippen LogP contribution in [-0.2, 0) is 26.2 Å². The number of likely N-dealkylation sites (tertiary alicyclic amines) is 1. The van der Waals surface area contributed by atoms with Gasteiger partial charge in [0.2, 0.25) is 5.95 Å². The summed E-state index contributed by atoms with van der Waals surface area (Å²) in [4.78, 5) is 27.1. The summed E-state index contributed by atoms with van der Waals surface area (Å²) >= 11 is 0. The van der Waals surface area contributed by atoms with Gasteiger partial charge in [-0.25, -0.2) is 9.78 Å². The van der Waals surface area contributed by atoms with Gasteiger partial charge in [0.25, 0.3) is 0 Å². The molecule has 2 aromatic heterocycles. The minimum Gasteiger partial charge on any atom is -0.369 e. The molecule has 1 aliphatic heterocycles. The van der Waals surface area contributed by atoms with E-state index in [1.54, 1.807) is 6.92 Å². The molecular weight excluding hydrogens is 542 g/mol. The van der Waals surface area contributed by atoms with Crippen LogP contribution in [0.15, 0.2) is 65.8 Å². The van der Waals surface area contributed by atoms with Crippen LogP contribution in [0.25, 0.3) is 0 Å². The first-order chi connectivity index (χ1) is 18.4. The molecule has 9 nitrogen and oxygen atoms in total. The van der Waals surface area contributed by atoms with Crippen molar-refractivity contribution >= 4 is 27.5 Å². The molecular formula is C25H25F4N5O4S. The van der Waals surface area contributed by atoms with Gasteiger partial charge in [-0.15, -0.1) is 0 Å². The number of pyridine rings is 2. The first kappa shape index (κ1) is 28.2. The third-order valence-corrected chi connectivity index (χ3v) is 7.70. The Kier molecular flexibility index (Phi) is 8.07. The second kappa shape index (κ2) is 11.1. The number of halogens is 4. The summed E-state index contributed by atoms with van der Waals surface area (Å²) in [5.74, 6) is -4.92. The van der Waals surface area contributed by atoms with Crippen LogP contribution in [0.4, 0.5) is 29.1 Å². The molecule has 0 bridgehead atoms. The maximum absolute atomic E-state index is 13.7. The SMILES string of the molecule is Cc1cc(S(=O)(=O)N(OC(=O)C(F)(F)F)c2cccc(F)n2)ncc1N(C)[C@H]1CCN(Cc2ccccc2)C1. The van der Waals surface area contributed by atoms with Crippen LogP contribution >= 0.6 is 0 Å². The molecule has 208 valence electrons. The van der Waals surface area contributed by atoms with Crippen molar-refractivity contribution in [1.29, 1.82) is 0 Å². The van der Waals surface area contributed by atoms with E-state index in [4.69, 9.17) is 0 Å². The van der Waals surface area contributed by atoms with Gasteiger partial charge in [0.05, 0.1) is 11.9 Å². The summed E-state index contributed by atoms with van der Waals surface area (Å²) in [6, 6.07) is 14.0. The van der Waals surface area contributed by atoms with Crippen molar-refractivity contribution in [1.82, 2.24) is 14.9 Å². The predicted octanol–water partition coefficient (Wildman–Crippen LogP) is 3.85. The number of rotatable bonds is 8. The number of hydrogen-bond acceptors (Lipinski definition) is 8. The predicted molar refractivity (Wildman–Crippen MR) is 134 cm³/mol. The molecule has 3 heterocycles. The standard InChI is InChI=1S/C25H25F4N5O4S/c1-17-13-23(39(36,37)34(38-24(35)25(27,28)29)22-10-6-9-21(26)31-22)30-14-20(17)32(2)19-11-12-33(16-19)15-18-7-4-3-5-8-18/h3-10,13-14,19H,11-12,15-16H2,1-2H3/t19-/m0/s1. The zero-order valence-corrected chi connectivity index (χ0v) is 21.8. The number of aromatic nitrogens is 2. The van der Waals surface area contributed by atoms with Gasteiger partial charge >= 0.3 is 22.2 Å². The van der Waals surface area contributed by atoms with E-state index in [0.717, 1.165) is 50.3 Å². The van der Waals surface area contributed by atoms with Gasteiger partial charge in [0.1, 0.15) is 0 Å². The zero-order chi connectivity index (χ0) is 28.4. The molecule has 1 atom stereocenters. The minimum absolute atomic E-state index is 0.109. The normalized spacial score (nSPS) is 16.2. The molecule has 0 radical (unpaired) electrons. The highest BCUT2D eigenvalue weighted by atomic mass is 32.2. The Morgan fingerprint density at radius 1 is 1.15 bits per heavy atom. The van der Waals surface area contributed by atoms with Crippen molar-refractivity contribution in [3.05, 3.63) is 77.9 Å². The molecule has 1 fully saturated rings. The molecule has 0 saturated carbocycles. The van der Waals surface area contributed by atoms with Crippen molar-refractivity contribution < 1.29 is 35.6 Å². The number of hydrogen-bond donors (Lipinski definition) is 0. The fourth-order valence-electron chi connectivity index (χ4n) is 4.27. The van der Waals surface area contributed by atoms with Crippen LogP contribution in [0.5, 0.6) is 0 Å². The first-order valence-corrected chi connectivity index (χ1v) is 13.2. The summed E-state index contributed by atoms with van der Waals surface area (Å²) in [7, 11) is -3.18. The number of anilines is 2. The molecule has 1 aromatic carbocycles. The molecule has 0 amide bonds. The van der Waals surface area contributed by atoms with Gasteiger partial charge in [-0.05, 0) is 42.7 Å². The average molecular weight is 568 g/mol. The Morgan fingerprint density at radius 2 is 1.87 bits per heavy atom. The fourth-order valence-corrected chi connectivity index (χ4v) is 5.47. The zero-order valence-electron chi connectivity index (χ0n) is 21.0. The summed E-state index contributed by atoms with van der Waals surface area (Å²) in [5, 5.41) is -0.713. The van der Waals surface area contributed by atoms with Crippen molar-refractivity contribution in [3.8, 4) is 0 Å². The number of alkyl halides is 3. The fraction of sp³-hybridized carbons (Fsp3) is 0.320. The van der Waals surface area contributed by atoms with E-state index in [1.807, 2.05) is 30.1 Å². The van der Waals surface area contributed by atoms with Crippen LogP contribution in [-0.4, -0.2) is 61.6 Å². The summed E-state index contributed by atoms with van der Waals surface area (Å²) in [5.41, 5.74) is 2.27. The Morgan fingerprint density at radius 3 is 2.51 bits per heavy atom. The third kappa shape index (κ3) is 6.45. The lowest BCUT2D eigenvalue weighted by Crippen LogP contribution is -2.39. The minimum atomic E-state index is -5.52. The van der Waals surface area contributed by atoms with Crippen molar-refractivity contribution in [2.75, 3.05) is 29.5 Å². The molecule has 3 aromatic rings. The molecule has 0 aliphatic carbocycles. The van der Waals surface area contributed by atoms with Crippen molar-refractivity contribution in [3.63, 3.8) is 0 Å². The highest BCUT2D eigenvalue weighted by molar-refractivity contribution is 7.92. The maximum Gasteiger partial charge on any atom is 0.493 e. The van der Waals surface area contributed by atoms with Gasteiger partial charge in [-0.2, -0.15) is 31.0 Å². The smallest absolute Gasteiger partial charge is 0.369 e. The number of likely N-dealkylation sites (N-methyl/N-ethyl adjacent to an activating group) is 1. The number of nitrogens with zero attached hydrogens (tertiary/aromatic N) is 5. The third-order valence-electron chi connectivity index (χ3n) is 6.25. The summed E-state index contributed by atoms with van der Waals surface area (Å²) in [6.07, 6.45) is -3.38. The highest BCUT2D eigenvalue weighted by Crippen LogP contribution is 2.29. The van der Waals surface area contributed by atoms with Crippen molar-refractivity contribution in [2.45, 2.75) is 37.1 Å². The highest BCUT2D eigenvalue weighted by Gasteiger charge is 2.45. The second-order valence-corrected chi connectivity index (χ2v) is 10.7. The molecule has 0 N–H and O–H groups in total. The second-order valence-electron chi connectivity index (χ2n) is 9.01. The number of sulfonamides is 1. The summed E-state index contributed by atoms with van der Waals surface area (Å²) in [6.45, 7) is 4.04. The summed E-state index contributed by atoms with van der Waals surface area (Å²) < 4.78 is 78.4. The van der Waals surface area contributed by atoms with Crippen LogP contribution in [0.3, 0.4) is 0 Å². The van der Waals surface area contributed by atoms with Crippen LogP contribution in [0, 0.1) is 12.9 Å². The van der Waals surface area contributed by atoms with E-state index in [2.05, 4.69) is 31.8 Å². The Bertz CT molecular complexity index is 1440. The van der Waals surface area contributed by atoms with Gasteiger partial charge in [-0.1, -0.05) is 40.9 Å². The molecule has 39 heavy (non-hydrogen) atoms. The molecule has 0 spiro atoms. The lowest BCUT2D eigenvalue weighted by molar-refractivity contribution is -0.199. The first-order valence-electron chi connectivity index (χ1n) is 11.8. The monoisotopic (exact) mass is 567 g/mol. The van der Waals surface area contributed by atoms with E-state index >= 15 is 0 Å². The number of carbonyl (C=O) groups is 1. The van der Waals surface area contributed by atoms with Crippen LogP contribution in [0.1, 0.15) is 17.5 Å². The van der Waals surface area contributed by atoms with E-state index in [9.17, 15) is 30.8 Å².